The van der Waals surface area contributed by atoms with Crippen LogP contribution in [0.4, 0.5) is 4.39 Å². The molecule has 0 heterocycles. The number of amides is 1. The molecule has 4 nitrogen and oxygen atoms in total. The van der Waals surface area contributed by atoms with Crippen LogP contribution in [-0.4, -0.2) is 24.7 Å². The summed E-state index contributed by atoms with van der Waals surface area (Å²) in [4.78, 5) is 12.3. The fraction of sp³-hybridized carbons (Fsp3) is 0.350. The molecule has 0 aliphatic rings. The molecule has 0 fully saturated rings. The molecule has 5 heteroatoms. The van der Waals surface area contributed by atoms with Crippen molar-refractivity contribution in [2.75, 3.05) is 6.61 Å². The van der Waals surface area contributed by atoms with Crippen molar-refractivity contribution in [1.82, 2.24) is 5.32 Å². The zero-order valence-electron chi connectivity index (χ0n) is 14.8. The molecule has 0 saturated carbocycles. The molecule has 2 atom stereocenters. The average molecular weight is 345 g/mol. The molecule has 0 aliphatic carbocycles. The Labute approximate surface area is 148 Å². The summed E-state index contributed by atoms with van der Waals surface area (Å²) >= 11 is 0. The van der Waals surface area contributed by atoms with Crippen LogP contribution in [0.25, 0.3) is 0 Å². The van der Waals surface area contributed by atoms with Crippen molar-refractivity contribution in [2.45, 2.75) is 39.3 Å². The number of hydrogen-bond donors (Lipinski definition) is 1. The van der Waals surface area contributed by atoms with Gasteiger partial charge < -0.3 is 14.8 Å². The minimum atomic E-state index is -0.632. The predicted molar refractivity (Wildman–Crippen MR) is 95.4 cm³/mol. The molecule has 0 radical (unpaired) electrons. The van der Waals surface area contributed by atoms with Crippen molar-refractivity contribution in [3.05, 3.63) is 59.9 Å². The monoisotopic (exact) mass is 345 g/mol. The fourth-order valence-electron chi connectivity index (χ4n) is 2.23. The van der Waals surface area contributed by atoms with Crippen molar-refractivity contribution >= 4 is 5.91 Å². The van der Waals surface area contributed by atoms with Gasteiger partial charge in [0.25, 0.3) is 5.91 Å². The predicted octanol–water partition coefficient (Wildman–Crippen LogP) is 3.88. The van der Waals surface area contributed by atoms with Gasteiger partial charge in [0, 0.05) is 0 Å². The van der Waals surface area contributed by atoms with E-state index in [1.165, 1.54) is 24.3 Å². The van der Waals surface area contributed by atoms with E-state index in [-0.39, 0.29) is 17.8 Å². The van der Waals surface area contributed by atoms with Crippen molar-refractivity contribution in [3.8, 4) is 11.5 Å². The van der Waals surface area contributed by atoms with Crippen LogP contribution in [0.1, 0.15) is 25.8 Å². The topological polar surface area (TPSA) is 47.6 Å². The second-order valence-corrected chi connectivity index (χ2v) is 6.00. The summed E-state index contributed by atoms with van der Waals surface area (Å²) in [5.74, 6) is 0.673. The standard InChI is InChI=1S/C20H24FNO3/c1-4-19(25-18-11-7-16(21)8-12-18)20(23)22-15(3)13-24-17-9-5-14(2)6-10-17/h5-12,15,19H,4,13H2,1-3H3,(H,22,23)/t15-,19+/m1/s1. The molecule has 1 N–H and O–H groups in total. The van der Waals surface area contributed by atoms with Gasteiger partial charge in [-0.25, -0.2) is 4.39 Å². The number of hydrogen-bond acceptors (Lipinski definition) is 3. The summed E-state index contributed by atoms with van der Waals surface area (Å²) in [5, 5.41) is 2.88. The van der Waals surface area contributed by atoms with Gasteiger partial charge in [0.2, 0.25) is 0 Å². The summed E-state index contributed by atoms with van der Waals surface area (Å²) in [5.41, 5.74) is 1.16. The summed E-state index contributed by atoms with van der Waals surface area (Å²) in [6.07, 6.45) is -0.123. The summed E-state index contributed by atoms with van der Waals surface area (Å²) in [6, 6.07) is 13.2. The minimum absolute atomic E-state index is 0.167. The number of carbonyl (C=O) groups excluding carboxylic acids is 1. The molecule has 0 spiro atoms. The molecule has 0 saturated heterocycles. The molecular formula is C20H24FNO3. The number of aryl methyl sites for hydroxylation is 1. The van der Waals surface area contributed by atoms with E-state index in [9.17, 15) is 9.18 Å². The Bertz CT molecular complexity index is 670. The van der Waals surface area contributed by atoms with E-state index < -0.39 is 6.10 Å². The van der Waals surface area contributed by atoms with Crippen LogP contribution < -0.4 is 14.8 Å². The van der Waals surface area contributed by atoms with Crippen LogP contribution in [0, 0.1) is 12.7 Å². The number of rotatable bonds is 8. The third-order valence-corrected chi connectivity index (χ3v) is 3.66. The van der Waals surface area contributed by atoms with Crippen LogP contribution in [0.5, 0.6) is 11.5 Å². The average Bonchev–Trinajstić information content (AvgIpc) is 2.60. The largest absolute Gasteiger partial charge is 0.491 e. The Morgan fingerprint density at radius 3 is 2.28 bits per heavy atom. The number of benzene rings is 2. The minimum Gasteiger partial charge on any atom is -0.491 e. The summed E-state index contributed by atoms with van der Waals surface area (Å²) < 4.78 is 24.2. The van der Waals surface area contributed by atoms with Gasteiger partial charge >= 0.3 is 0 Å². The maximum Gasteiger partial charge on any atom is 0.261 e. The Balaban J connectivity index is 1.83. The van der Waals surface area contributed by atoms with E-state index in [2.05, 4.69) is 5.32 Å². The highest BCUT2D eigenvalue weighted by atomic mass is 19.1. The Morgan fingerprint density at radius 1 is 1.08 bits per heavy atom. The normalized spacial score (nSPS) is 13.0. The number of nitrogens with one attached hydrogen (secondary N) is 1. The van der Waals surface area contributed by atoms with E-state index in [1.54, 1.807) is 0 Å². The Kier molecular flexibility index (Phi) is 6.81. The quantitative estimate of drug-likeness (QED) is 0.790. The lowest BCUT2D eigenvalue weighted by Crippen LogP contribution is -2.44. The molecule has 2 rings (SSSR count). The smallest absolute Gasteiger partial charge is 0.261 e. The molecule has 0 unspecified atom stereocenters. The van der Waals surface area contributed by atoms with E-state index in [1.807, 2.05) is 45.0 Å². The van der Waals surface area contributed by atoms with Crippen molar-refractivity contribution in [1.29, 1.82) is 0 Å². The highest BCUT2D eigenvalue weighted by Crippen LogP contribution is 2.15. The molecular weight excluding hydrogens is 321 g/mol. The maximum atomic E-state index is 12.9. The van der Waals surface area contributed by atoms with E-state index in [4.69, 9.17) is 9.47 Å². The van der Waals surface area contributed by atoms with Crippen LogP contribution in [0.2, 0.25) is 0 Å². The molecule has 25 heavy (non-hydrogen) atoms. The van der Waals surface area contributed by atoms with Gasteiger partial charge in [-0.05, 0) is 56.7 Å². The van der Waals surface area contributed by atoms with Gasteiger partial charge in [-0.15, -0.1) is 0 Å². The highest BCUT2D eigenvalue weighted by molar-refractivity contribution is 5.81. The summed E-state index contributed by atoms with van der Waals surface area (Å²) in [6.45, 7) is 6.11. The van der Waals surface area contributed by atoms with Crippen molar-refractivity contribution in [2.24, 2.45) is 0 Å². The second kappa shape index (κ2) is 9.06. The van der Waals surface area contributed by atoms with Crippen molar-refractivity contribution < 1.29 is 18.7 Å². The van der Waals surface area contributed by atoms with Crippen LogP contribution >= 0.6 is 0 Å². The molecule has 0 aliphatic heterocycles. The molecule has 0 aromatic heterocycles. The molecule has 2 aromatic rings. The molecule has 2 aromatic carbocycles. The Morgan fingerprint density at radius 2 is 1.68 bits per heavy atom. The molecule has 0 bridgehead atoms. The zero-order valence-corrected chi connectivity index (χ0v) is 14.8. The molecule has 134 valence electrons. The highest BCUT2D eigenvalue weighted by Gasteiger charge is 2.20. The first kappa shape index (κ1) is 18.8. The Hall–Kier alpha value is -2.56. The van der Waals surface area contributed by atoms with E-state index >= 15 is 0 Å². The van der Waals surface area contributed by atoms with Gasteiger partial charge in [0.1, 0.15) is 23.9 Å². The lowest BCUT2D eigenvalue weighted by Gasteiger charge is -2.20. The van der Waals surface area contributed by atoms with Crippen molar-refractivity contribution in [3.63, 3.8) is 0 Å². The van der Waals surface area contributed by atoms with Gasteiger partial charge in [-0.1, -0.05) is 24.6 Å². The maximum absolute atomic E-state index is 12.9. The number of carbonyl (C=O) groups is 1. The van der Waals surface area contributed by atoms with Gasteiger partial charge in [0.05, 0.1) is 6.04 Å². The van der Waals surface area contributed by atoms with Crippen LogP contribution in [0.15, 0.2) is 48.5 Å². The van der Waals surface area contributed by atoms with Crippen LogP contribution in [-0.2, 0) is 4.79 Å². The first-order chi connectivity index (χ1) is 12.0. The van der Waals surface area contributed by atoms with E-state index in [0.717, 1.165) is 11.3 Å². The van der Waals surface area contributed by atoms with Gasteiger partial charge in [-0.2, -0.15) is 0 Å². The lowest BCUT2D eigenvalue weighted by atomic mass is 10.2. The van der Waals surface area contributed by atoms with E-state index in [0.29, 0.717) is 18.8 Å². The SMILES string of the molecule is CC[C@H](Oc1ccc(F)cc1)C(=O)N[C@H](C)COc1ccc(C)cc1. The fourth-order valence-corrected chi connectivity index (χ4v) is 2.23. The molecule has 1 amide bonds. The van der Waals surface area contributed by atoms with Gasteiger partial charge in [0.15, 0.2) is 6.10 Å². The lowest BCUT2D eigenvalue weighted by molar-refractivity contribution is -0.128. The van der Waals surface area contributed by atoms with Crippen LogP contribution in [0.3, 0.4) is 0 Å². The third kappa shape index (κ3) is 6.10. The zero-order chi connectivity index (χ0) is 18.2. The number of ether oxygens (including phenoxy) is 2. The second-order valence-electron chi connectivity index (χ2n) is 6.00. The first-order valence-corrected chi connectivity index (χ1v) is 8.40. The first-order valence-electron chi connectivity index (χ1n) is 8.40. The number of halogens is 1. The van der Waals surface area contributed by atoms with Gasteiger partial charge in [-0.3, -0.25) is 4.79 Å². The third-order valence-electron chi connectivity index (χ3n) is 3.66. The summed E-state index contributed by atoms with van der Waals surface area (Å²) in [7, 11) is 0.